The van der Waals surface area contributed by atoms with Gasteiger partial charge >= 0.3 is 5.97 Å². The minimum atomic E-state index is -0.300. The van der Waals surface area contributed by atoms with Crippen molar-refractivity contribution in [3.63, 3.8) is 0 Å². The molecule has 0 fully saturated rings. The number of nitrogens with zero attached hydrogens (tertiary/aromatic N) is 2. The van der Waals surface area contributed by atoms with E-state index in [0.29, 0.717) is 12.2 Å². The first-order valence-electron chi connectivity index (χ1n) is 6.95. The molecule has 0 aliphatic carbocycles. The largest absolute Gasteiger partial charge is 0.465 e. The van der Waals surface area contributed by atoms with Gasteiger partial charge in [-0.25, -0.2) is 0 Å². The van der Waals surface area contributed by atoms with Gasteiger partial charge in [0, 0.05) is 13.2 Å². The zero-order valence-electron chi connectivity index (χ0n) is 13.4. The molecule has 0 amide bonds. The predicted molar refractivity (Wildman–Crippen MR) is 83.5 cm³/mol. The van der Waals surface area contributed by atoms with Crippen molar-refractivity contribution in [1.82, 2.24) is 4.90 Å². The zero-order chi connectivity index (χ0) is 16.0. The Morgan fingerprint density at radius 1 is 1.33 bits per heavy atom. The average molecular weight is 286 g/mol. The van der Waals surface area contributed by atoms with Crippen molar-refractivity contribution in [2.45, 2.75) is 27.7 Å². The Labute approximate surface area is 126 Å². The van der Waals surface area contributed by atoms with Gasteiger partial charge in [-0.15, -0.1) is 0 Å². The van der Waals surface area contributed by atoms with E-state index in [4.69, 9.17) is 4.74 Å². The Kier molecular flexibility index (Phi) is 5.98. The summed E-state index contributed by atoms with van der Waals surface area (Å²) in [7, 11) is 1.76. The number of carbonyl (C=O) groups is 1. The van der Waals surface area contributed by atoms with Crippen molar-refractivity contribution in [1.29, 1.82) is 5.26 Å². The predicted octanol–water partition coefficient (Wildman–Crippen LogP) is 2.97. The number of ether oxygens (including phenoxy) is 1. The van der Waals surface area contributed by atoms with Crippen LogP contribution in [0.4, 0.5) is 0 Å². The second-order valence-corrected chi connectivity index (χ2v) is 5.15. The topological polar surface area (TPSA) is 53.3 Å². The molecule has 112 valence electrons. The molecule has 0 aromatic heterocycles. The second-order valence-electron chi connectivity index (χ2n) is 5.15. The first-order valence-corrected chi connectivity index (χ1v) is 6.95. The van der Waals surface area contributed by atoms with E-state index in [9.17, 15) is 10.1 Å². The van der Waals surface area contributed by atoms with Crippen LogP contribution in [0.2, 0.25) is 0 Å². The van der Waals surface area contributed by atoms with Gasteiger partial charge in [-0.1, -0.05) is 17.7 Å². The summed E-state index contributed by atoms with van der Waals surface area (Å²) in [6.45, 7) is 8.28. The third kappa shape index (κ3) is 4.64. The number of hydrogen-bond acceptors (Lipinski definition) is 4. The highest BCUT2D eigenvalue weighted by Gasteiger charge is 2.11. The van der Waals surface area contributed by atoms with Gasteiger partial charge in [-0.05, 0) is 44.4 Å². The van der Waals surface area contributed by atoms with Crippen molar-refractivity contribution in [2.75, 3.05) is 20.2 Å². The Hall–Kier alpha value is -2.28. The van der Waals surface area contributed by atoms with Crippen molar-refractivity contribution >= 4 is 11.5 Å². The van der Waals surface area contributed by atoms with E-state index in [0.717, 1.165) is 16.7 Å². The SMILES string of the molecule is CCOC(=O)CN(C)/C=C(\C#N)c1c(C)cc(C)cc1C. The molecule has 0 aliphatic rings. The fourth-order valence-electron chi connectivity index (χ4n) is 2.43. The first kappa shape index (κ1) is 16.8. The van der Waals surface area contributed by atoms with Crippen LogP contribution in [-0.4, -0.2) is 31.1 Å². The van der Waals surface area contributed by atoms with Gasteiger partial charge in [0.1, 0.15) is 12.6 Å². The molecule has 0 spiro atoms. The summed E-state index contributed by atoms with van der Waals surface area (Å²) in [5.41, 5.74) is 4.77. The maximum absolute atomic E-state index is 11.5. The van der Waals surface area contributed by atoms with Crippen LogP contribution in [0, 0.1) is 32.1 Å². The lowest BCUT2D eigenvalue weighted by molar-refractivity contribution is -0.143. The number of likely N-dealkylation sites (N-methyl/N-ethyl adjacent to an activating group) is 1. The molecule has 0 N–H and O–H groups in total. The lowest BCUT2D eigenvalue weighted by Crippen LogP contribution is -2.23. The van der Waals surface area contributed by atoms with Gasteiger partial charge in [-0.2, -0.15) is 5.26 Å². The van der Waals surface area contributed by atoms with Crippen molar-refractivity contribution in [3.05, 3.63) is 40.6 Å². The quantitative estimate of drug-likeness (QED) is 0.617. The number of allylic oxidation sites excluding steroid dienone is 1. The third-order valence-electron chi connectivity index (χ3n) is 3.10. The van der Waals surface area contributed by atoms with Crippen LogP contribution in [-0.2, 0) is 9.53 Å². The number of nitriles is 1. The van der Waals surface area contributed by atoms with Crippen LogP contribution >= 0.6 is 0 Å². The summed E-state index contributed by atoms with van der Waals surface area (Å²) in [5.74, 6) is -0.300. The van der Waals surface area contributed by atoms with Crippen LogP contribution in [0.15, 0.2) is 18.3 Å². The minimum absolute atomic E-state index is 0.128. The fraction of sp³-hybridized carbons (Fsp3) is 0.412. The minimum Gasteiger partial charge on any atom is -0.465 e. The Morgan fingerprint density at radius 3 is 2.38 bits per heavy atom. The zero-order valence-corrected chi connectivity index (χ0v) is 13.4. The Bertz CT molecular complexity index is 574. The molecule has 0 aliphatic heterocycles. The molecule has 0 radical (unpaired) electrons. The molecule has 0 saturated carbocycles. The molecule has 0 heterocycles. The van der Waals surface area contributed by atoms with Gasteiger partial charge < -0.3 is 9.64 Å². The summed E-state index contributed by atoms with van der Waals surface area (Å²) in [5, 5.41) is 9.42. The number of hydrogen-bond donors (Lipinski definition) is 0. The van der Waals surface area contributed by atoms with Crippen LogP contribution in [0.25, 0.3) is 5.57 Å². The fourth-order valence-corrected chi connectivity index (χ4v) is 2.43. The molecule has 1 rings (SSSR count). The molecule has 21 heavy (non-hydrogen) atoms. The molecular formula is C17H22N2O2. The monoisotopic (exact) mass is 286 g/mol. The maximum atomic E-state index is 11.5. The number of aryl methyl sites for hydroxylation is 3. The second kappa shape index (κ2) is 7.49. The Morgan fingerprint density at radius 2 is 1.90 bits per heavy atom. The van der Waals surface area contributed by atoms with Crippen LogP contribution in [0.1, 0.15) is 29.2 Å². The van der Waals surface area contributed by atoms with Crippen LogP contribution < -0.4 is 0 Å². The van der Waals surface area contributed by atoms with Gasteiger partial charge in [0.25, 0.3) is 0 Å². The summed E-state index contributed by atoms with van der Waals surface area (Å²) in [6, 6.07) is 6.33. The Balaban J connectivity index is 3.06. The summed E-state index contributed by atoms with van der Waals surface area (Å²) in [6.07, 6.45) is 1.70. The standard InChI is InChI=1S/C17H22N2O2/c1-6-21-16(20)11-19(5)10-15(9-18)17-13(3)7-12(2)8-14(17)4/h7-8,10H,6,11H2,1-5H3/b15-10+. The third-order valence-corrected chi connectivity index (χ3v) is 3.10. The van der Waals surface area contributed by atoms with Crippen molar-refractivity contribution in [2.24, 2.45) is 0 Å². The normalized spacial score (nSPS) is 11.0. The van der Waals surface area contributed by atoms with Gasteiger partial charge in [-0.3, -0.25) is 4.79 Å². The van der Waals surface area contributed by atoms with Gasteiger partial charge in [0.15, 0.2) is 0 Å². The van der Waals surface area contributed by atoms with E-state index < -0.39 is 0 Å². The molecule has 4 nitrogen and oxygen atoms in total. The van der Waals surface area contributed by atoms with Crippen LogP contribution in [0.5, 0.6) is 0 Å². The molecule has 1 aromatic rings. The molecule has 0 atom stereocenters. The lowest BCUT2D eigenvalue weighted by Gasteiger charge is -2.16. The maximum Gasteiger partial charge on any atom is 0.325 e. The van der Waals surface area contributed by atoms with Gasteiger partial charge in [0.2, 0.25) is 0 Å². The van der Waals surface area contributed by atoms with E-state index in [-0.39, 0.29) is 12.5 Å². The smallest absolute Gasteiger partial charge is 0.325 e. The highest BCUT2D eigenvalue weighted by atomic mass is 16.5. The van der Waals surface area contributed by atoms with E-state index in [1.165, 1.54) is 5.56 Å². The highest BCUT2D eigenvalue weighted by Crippen LogP contribution is 2.24. The summed E-state index contributed by atoms with van der Waals surface area (Å²) >= 11 is 0. The number of carbonyl (C=O) groups excluding carboxylic acids is 1. The van der Waals surface area contributed by atoms with Crippen molar-refractivity contribution in [3.8, 4) is 6.07 Å². The molecule has 4 heteroatoms. The molecule has 0 bridgehead atoms. The molecule has 0 saturated heterocycles. The molecule has 0 unspecified atom stereocenters. The van der Waals surface area contributed by atoms with E-state index in [1.807, 2.05) is 20.8 Å². The first-order chi connectivity index (χ1) is 9.88. The van der Waals surface area contributed by atoms with Crippen molar-refractivity contribution < 1.29 is 9.53 Å². The van der Waals surface area contributed by atoms with E-state index in [2.05, 4.69) is 18.2 Å². The number of esters is 1. The van der Waals surface area contributed by atoms with E-state index in [1.54, 1.807) is 25.1 Å². The van der Waals surface area contributed by atoms with Crippen LogP contribution in [0.3, 0.4) is 0 Å². The summed E-state index contributed by atoms with van der Waals surface area (Å²) < 4.78 is 4.90. The number of rotatable bonds is 5. The van der Waals surface area contributed by atoms with Gasteiger partial charge in [0.05, 0.1) is 12.2 Å². The van der Waals surface area contributed by atoms with E-state index >= 15 is 0 Å². The molecular weight excluding hydrogens is 264 g/mol. The highest BCUT2D eigenvalue weighted by molar-refractivity contribution is 5.81. The lowest BCUT2D eigenvalue weighted by atomic mass is 9.95. The molecule has 1 aromatic carbocycles. The number of benzene rings is 1. The average Bonchev–Trinajstić information content (AvgIpc) is 2.36. The summed E-state index contributed by atoms with van der Waals surface area (Å²) in [4.78, 5) is 13.1.